The van der Waals surface area contributed by atoms with Crippen LogP contribution in [0.4, 0.5) is 5.69 Å². The van der Waals surface area contributed by atoms with Crippen molar-refractivity contribution in [3.05, 3.63) is 110 Å². The van der Waals surface area contributed by atoms with E-state index in [1.54, 1.807) is 11.8 Å². The van der Waals surface area contributed by atoms with Crippen LogP contribution in [-0.2, 0) is 16.2 Å². The van der Waals surface area contributed by atoms with Gasteiger partial charge in [0.1, 0.15) is 12.4 Å². The molecule has 3 fully saturated rings. The molecule has 0 radical (unpaired) electrons. The third-order valence-corrected chi connectivity index (χ3v) is 12.1. The van der Waals surface area contributed by atoms with Gasteiger partial charge in [0.15, 0.2) is 0 Å². The number of amides is 2. The van der Waals surface area contributed by atoms with Crippen molar-refractivity contribution in [2.75, 3.05) is 4.90 Å². The van der Waals surface area contributed by atoms with Gasteiger partial charge in [-0.1, -0.05) is 71.5 Å². The topological polar surface area (TPSA) is 79.5 Å². The molecule has 4 aromatic rings. The summed E-state index contributed by atoms with van der Waals surface area (Å²) >= 11 is 3.00. The zero-order valence-electron chi connectivity index (χ0n) is 22.4. The number of hydrogen-bond donors (Lipinski definition) is 1. The Bertz CT molecular complexity index is 1710. The number of hydrogen-bond acceptors (Lipinski definition) is 6. The van der Waals surface area contributed by atoms with E-state index in [9.17, 15) is 14.4 Å². The quantitative estimate of drug-likeness (QED) is 0.293. The number of ether oxygens (including phenoxy) is 1. The van der Waals surface area contributed by atoms with Gasteiger partial charge in [0.05, 0.1) is 22.5 Å². The Morgan fingerprint density at radius 3 is 2.32 bits per heavy atom. The molecule has 2 bridgehead atoms. The van der Waals surface area contributed by atoms with E-state index in [4.69, 9.17) is 4.74 Å². The van der Waals surface area contributed by atoms with E-state index in [0.29, 0.717) is 12.3 Å². The maximum absolute atomic E-state index is 13.9. The molecule has 4 aliphatic rings. The van der Waals surface area contributed by atoms with E-state index in [1.807, 2.05) is 73.7 Å². The van der Waals surface area contributed by atoms with Crippen LogP contribution in [0.1, 0.15) is 33.9 Å². The van der Waals surface area contributed by atoms with E-state index in [-0.39, 0.29) is 57.4 Å². The average Bonchev–Trinajstić information content (AvgIpc) is 3.72. The highest BCUT2D eigenvalue weighted by molar-refractivity contribution is 8.00. The second-order valence-corrected chi connectivity index (χ2v) is 13.9. The van der Waals surface area contributed by atoms with Crippen molar-refractivity contribution < 1.29 is 14.3 Å². The molecule has 2 aliphatic heterocycles. The van der Waals surface area contributed by atoms with Gasteiger partial charge >= 0.3 is 4.87 Å². The zero-order chi connectivity index (χ0) is 27.8. The van der Waals surface area contributed by atoms with Gasteiger partial charge in [-0.3, -0.25) is 19.3 Å². The molecule has 6 nitrogen and oxygen atoms in total. The number of nitrogens with one attached hydrogen (secondary N) is 1. The molecule has 0 spiro atoms. The second-order valence-electron chi connectivity index (χ2n) is 11.7. The van der Waals surface area contributed by atoms with Gasteiger partial charge in [0, 0.05) is 16.0 Å². The molecular formula is C33H28N2O4S2. The summed E-state index contributed by atoms with van der Waals surface area (Å²) in [7, 11) is 0. The SMILES string of the molecule is Cc1ccc(N2C(=O)C3C(C2=O)[C@@H]2C[C@H]3C3Sc4[nH]c(=O)sc4C(c4ccc(OCc5ccccc5)cc4)C32)cc1. The summed E-state index contributed by atoms with van der Waals surface area (Å²) in [5.41, 5.74) is 3.99. The predicted octanol–water partition coefficient (Wildman–Crippen LogP) is 6.00. The third-order valence-electron chi connectivity index (χ3n) is 9.50. The molecule has 41 heavy (non-hydrogen) atoms. The molecule has 1 N–H and O–H groups in total. The number of fused-ring (bicyclic) bond motifs is 9. The largest absolute Gasteiger partial charge is 0.489 e. The maximum Gasteiger partial charge on any atom is 0.305 e. The lowest BCUT2D eigenvalue weighted by molar-refractivity contribution is -0.123. The number of aromatic amines is 1. The molecular weight excluding hydrogens is 553 g/mol. The molecule has 8 heteroatoms. The van der Waals surface area contributed by atoms with E-state index in [0.717, 1.165) is 38.8 Å². The van der Waals surface area contributed by atoms with Crippen LogP contribution in [0.3, 0.4) is 0 Å². The van der Waals surface area contributed by atoms with E-state index in [2.05, 4.69) is 17.1 Å². The third kappa shape index (κ3) is 3.87. The van der Waals surface area contributed by atoms with E-state index < -0.39 is 0 Å². The molecule has 3 aromatic carbocycles. The van der Waals surface area contributed by atoms with Crippen molar-refractivity contribution in [1.29, 1.82) is 0 Å². The molecule has 2 aliphatic carbocycles. The maximum atomic E-state index is 13.9. The second kappa shape index (κ2) is 9.46. The fourth-order valence-corrected chi connectivity index (χ4v) is 10.7. The smallest absolute Gasteiger partial charge is 0.305 e. The Labute approximate surface area is 245 Å². The van der Waals surface area contributed by atoms with Crippen LogP contribution in [0.2, 0.25) is 0 Å². The van der Waals surface area contributed by atoms with Crippen LogP contribution >= 0.6 is 23.1 Å². The van der Waals surface area contributed by atoms with Gasteiger partial charge in [0.25, 0.3) is 0 Å². The summed E-state index contributed by atoms with van der Waals surface area (Å²) in [6, 6.07) is 26.0. The van der Waals surface area contributed by atoms with Gasteiger partial charge in [-0.15, -0.1) is 11.8 Å². The molecule has 2 amide bonds. The molecule has 3 heterocycles. The van der Waals surface area contributed by atoms with Crippen LogP contribution < -0.4 is 14.5 Å². The minimum atomic E-state index is -0.302. The summed E-state index contributed by atoms with van der Waals surface area (Å²) in [5.74, 6) is 0.463. The Balaban J connectivity index is 1.13. The Morgan fingerprint density at radius 2 is 1.59 bits per heavy atom. The van der Waals surface area contributed by atoms with Crippen LogP contribution in [0.25, 0.3) is 0 Å². The summed E-state index contributed by atoms with van der Waals surface area (Å²) < 4.78 is 6.04. The Morgan fingerprint density at radius 1 is 0.878 bits per heavy atom. The van der Waals surface area contributed by atoms with Crippen LogP contribution in [0.5, 0.6) is 5.75 Å². The summed E-state index contributed by atoms with van der Waals surface area (Å²) in [6.45, 7) is 2.49. The monoisotopic (exact) mass is 580 g/mol. The number of nitrogens with zero attached hydrogens (tertiary/aromatic N) is 1. The number of anilines is 1. The summed E-state index contributed by atoms with van der Waals surface area (Å²) in [6.07, 6.45) is 0.880. The van der Waals surface area contributed by atoms with Gasteiger partial charge in [0.2, 0.25) is 11.8 Å². The van der Waals surface area contributed by atoms with Crippen molar-refractivity contribution >= 4 is 40.6 Å². The summed E-state index contributed by atoms with van der Waals surface area (Å²) in [4.78, 5) is 45.7. The van der Waals surface area contributed by atoms with Crippen molar-refractivity contribution in [3.63, 3.8) is 0 Å². The lowest BCUT2D eigenvalue weighted by atomic mass is 9.68. The lowest BCUT2D eigenvalue weighted by Gasteiger charge is -2.43. The molecule has 206 valence electrons. The lowest BCUT2D eigenvalue weighted by Crippen LogP contribution is -2.42. The van der Waals surface area contributed by atoms with E-state index >= 15 is 0 Å². The van der Waals surface area contributed by atoms with Crippen LogP contribution in [0, 0.1) is 36.5 Å². The Kier molecular flexibility index (Phi) is 5.80. The number of H-pyrrole nitrogens is 1. The number of carbonyl (C=O) groups excluding carboxylic acids is 2. The van der Waals surface area contributed by atoms with Crippen molar-refractivity contribution in [1.82, 2.24) is 4.98 Å². The number of thioether (sulfide) groups is 1. The number of benzene rings is 3. The van der Waals surface area contributed by atoms with Crippen molar-refractivity contribution in [3.8, 4) is 5.75 Å². The molecule has 5 unspecified atom stereocenters. The number of rotatable bonds is 5. The zero-order valence-corrected chi connectivity index (χ0v) is 24.0. The van der Waals surface area contributed by atoms with Gasteiger partial charge in [-0.2, -0.15) is 0 Å². The molecule has 8 rings (SSSR count). The standard InChI is InChI=1S/C33H28N2O4S2/c1-17-7-11-20(12-8-17)35-31(36)26-22-15-23(27(26)32(35)37)28-25(22)24(29-30(40-28)34-33(38)41-29)19-9-13-21(14-10-19)39-16-18-5-3-2-4-6-18/h2-14,22-28H,15-16H2,1H3,(H,34,38)/t22-,23-,24?,25?,26?,27?,28?/m1/s1. The predicted molar refractivity (Wildman–Crippen MR) is 159 cm³/mol. The number of aromatic nitrogens is 1. The molecule has 7 atom stereocenters. The fourth-order valence-electron chi connectivity index (χ4n) is 7.85. The Hall–Kier alpha value is -3.62. The van der Waals surface area contributed by atoms with Gasteiger partial charge < -0.3 is 9.72 Å². The van der Waals surface area contributed by atoms with Crippen LogP contribution in [-0.4, -0.2) is 22.0 Å². The van der Waals surface area contributed by atoms with E-state index in [1.165, 1.54) is 16.2 Å². The first-order valence-corrected chi connectivity index (χ1v) is 15.8. The minimum absolute atomic E-state index is 0.00403. The highest BCUT2D eigenvalue weighted by atomic mass is 32.2. The number of thiazole rings is 1. The van der Waals surface area contributed by atoms with Gasteiger partial charge in [-0.25, -0.2) is 0 Å². The van der Waals surface area contributed by atoms with Crippen molar-refractivity contribution in [2.24, 2.45) is 29.6 Å². The molecule has 1 saturated heterocycles. The normalized spacial score (nSPS) is 29.4. The number of imide groups is 1. The first-order chi connectivity index (χ1) is 20.0. The highest BCUT2D eigenvalue weighted by Gasteiger charge is 2.69. The molecule has 1 aromatic heterocycles. The number of carbonyl (C=O) groups is 2. The summed E-state index contributed by atoms with van der Waals surface area (Å²) in [5, 5.41) is 1.10. The van der Waals surface area contributed by atoms with Crippen LogP contribution in [0.15, 0.2) is 88.7 Å². The first kappa shape index (κ1) is 25.1. The average molecular weight is 581 g/mol. The van der Waals surface area contributed by atoms with Gasteiger partial charge in [-0.05, 0) is 66.5 Å². The van der Waals surface area contributed by atoms with Crippen molar-refractivity contribution in [2.45, 2.75) is 36.1 Å². The molecule has 2 saturated carbocycles. The fraction of sp³-hybridized carbons (Fsp3) is 0.303. The number of aryl methyl sites for hydroxylation is 1. The first-order valence-electron chi connectivity index (χ1n) is 14.1. The highest BCUT2D eigenvalue weighted by Crippen LogP contribution is 2.68. The minimum Gasteiger partial charge on any atom is -0.489 e.